The van der Waals surface area contributed by atoms with Gasteiger partial charge in [-0.2, -0.15) is 0 Å². The number of amides is 1. The lowest BCUT2D eigenvalue weighted by atomic mass is 10.2. The fourth-order valence-corrected chi connectivity index (χ4v) is 2.84. The van der Waals surface area contributed by atoms with Crippen molar-refractivity contribution in [3.8, 4) is 17.2 Å². The van der Waals surface area contributed by atoms with Crippen LogP contribution in [0.15, 0.2) is 42.5 Å². The van der Waals surface area contributed by atoms with Crippen LogP contribution in [0.3, 0.4) is 0 Å². The minimum Gasteiger partial charge on any atom is -0.489 e. The van der Waals surface area contributed by atoms with Crippen LogP contribution in [0, 0.1) is 0 Å². The normalized spacial score (nSPS) is 16.0. The van der Waals surface area contributed by atoms with Crippen LogP contribution in [0.5, 0.6) is 17.2 Å². The zero-order valence-corrected chi connectivity index (χ0v) is 12.7. The number of rotatable bonds is 4. The zero-order chi connectivity index (χ0) is 15.6. The highest BCUT2D eigenvalue weighted by molar-refractivity contribution is 5.95. The van der Waals surface area contributed by atoms with E-state index in [2.05, 4.69) is 0 Å². The van der Waals surface area contributed by atoms with Crippen LogP contribution < -0.4 is 19.1 Å². The molecule has 1 fully saturated rings. The molecule has 1 amide bonds. The molecule has 0 saturated carbocycles. The van der Waals surface area contributed by atoms with Crippen LogP contribution >= 0.6 is 0 Å². The molecule has 1 saturated heterocycles. The van der Waals surface area contributed by atoms with Gasteiger partial charge in [-0.1, -0.05) is 6.07 Å². The molecule has 23 heavy (non-hydrogen) atoms. The van der Waals surface area contributed by atoms with Crippen LogP contribution in [0.25, 0.3) is 0 Å². The van der Waals surface area contributed by atoms with E-state index >= 15 is 0 Å². The van der Waals surface area contributed by atoms with Crippen LogP contribution in [0.2, 0.25) is 0 Å². The third-order valence-corrected chi connectivity index (χ3v) is 4.06. The van der Waals surface area contributed by atoms with Gasteiger partial charge in [-0.3, -0.25) is 4.79 Å². The van der Waals surface area contributed by atoms with E-state index in [1.54, 1.807) is 0 Å². The van der Waals surface area contributed by atoms with E-state index in [4.69, 9.17) is 14.2 Å². The molecule has 0 N–H and O–H groups in total. The highest BCUT2D eigenvalue weighted by atomic mass is 16.7. The second-order valence-electron chi connectivity index (χ2n) is 5.62. The summed E-state index contributed by atoms with van der Waals surface area (Å²) in [6.07, 6.45) is 1.57. The minimum absolute atomic E-state index is 0.194. The Morgan fingerprint density at radius 3 is 2.65 bits per heavy atom. The number of hydrogen-bond donors (Lipinski definition) is 0. The molecular weight excluding hydrogens is 294 g/mol. The average molecular weight is 311 g/mol. The van der Waals surface area contributed by atoms with Gasteiger partial charge in [0, 0.05) is 18.7 Å². The second-order valence-corrected chi connectivity index (χ2v) is 5.62. The Kier molecular flexibility index (Phi) is 3.54. The van der Waals surface area contributed by atoms with E-state index in [1.165, 1.54) is 0 Å². The predicted molar refractivity (Wildman–Crippen MR) is 84.9 cm³/mol. The van der Waals surface area contributed by atoms with Crippen molar-refractivity contribution in [1.29, 1.82) is 0 Å². The van der Waals surface area contributed by atoms with Gasteiger partial charge < -0.3 is 19.1 Å². The highest BCUT2D eigenvalue weighted by Crippen LogP contribution is 2.33. The minimum atomic E-state index is 0.194. The smallest absolute Gasteiger partial charge is 0.231 e. The van der Waals surface area contributed by atoms with Crippen molar-refractivity contribution in [2.45, 2.75) is 19.4 Å². The molecule has 0 aliphatic carbocycles. The van der Waals surface area contributed by atoms with Crippen molar-refractivity contribution < 1.29 is 19.0 Å². The molecule has 5 heteroatoms. The number of carbonyl (C=O) groups excluding carboxylic acids is 1. The van der Waals surface area contributed by atoms with Gasteiger partial charge in [0.05, 0.1) is 0 Å². The number of carbonyl (C=O) groups is 1. The molecule has 2 aromatic rings. The first-order valence-electron chi connectivity index (χ1n) is 7.71. The van der Waals surface area contributed by atoms with Gasteiger partial charge in [-0.25, -0.2) is 0 Å². The van der Waals surface area contributed by atoms with E-state index in [0.717, 1.165) is 41.5 Å². The third-order valence-electron chi connectivity index (χ3n) is 4.06. The lowest BCUT2D eigenvalue weighted by Gasteiger charge is -2.16. The summed E-state index contributed by atoms with van der Waals surface area (Å²) in [7, 11) is 0. The maximum Gasteiger partial charge on any atom is 0.231 e. The van der Waals surface area contributed by atoms with Crippen molar-refractivity contribution in [3.63, 3.8) is 0 Å². The molecule has 0 atom stereocenters. The van der Waals surface area contributed by atoms with Gasteiger partial charge in [-0.15, -0.1) is 0 Å². The fourth-order valence-electron chi connectivity index (χ4n) is 2.84. The summed E-state index contributed by atoms with van der Waals surface area (Å²) >= 11 is 0. The molecule has 2 aromatic carbocycles. The highest BCUT2D eigenvalue weighted by Gasteiger charge is 2.21. The largest absolute Gasteiger partial charge is 0.489 e. The standard InChI is InChI=1S/C18H17NO4/c20-18-2-1-9-19(18)14-4-6-15(7-5-14)21-11-13-3-8-16-17(10-13)23-12-22-16/h3-8,10H,1-2,9,11-12H2. The SMILES string of the molecule is O=C1CCCN1c1ccc(OCc2ccc3c(c2)OCO3)cc1. The van der Waals surface area contributed by atoms with E-state index in [1.807, 2.05) is 47.4 Å². The number of anilines is 1. The molecule has 0 radical (unpaired) electrons. The number of hydrogen-bond acceptors (Lipinski definition) is 4. The monoisotopic (exact) mass is 311 g/mol. The van der Waals surface area contributed by atoms with E-state index < -0.39 is 0 Å². The Balaban J connectivity index is 1.40. The third kappa shape index (κ3) is 2.82. The first kappa shape index (κ1) is 13.9. The van der Waals surface area contributed by atoms with E-state index in [-0.39, 0.29) is 12.7 Å². The van der Waals surface area contributed by atoms with Crippen LogP contribution in [0.1, 0.15) is 18.4 Å². The molecule has 0 unspecified atom stereocenters. The Morgan fingerprint density at radius 1 is 1.04 bits per heavy atom. The van der Waals surface area contributed by atoms with Crippen molar-refractivity contribution >= 4 is 11.6 Å². The lowest BCUT2D eigenvalue weighted by Crippen LogP contribution is -2.23. The predicted octanol–water partition coefficient (Wildman–Crippen LogP) is 3.12. The Morgan fingerprint density at radius 2 is 1.87 bits per heavy atom. The second kappa shape index (κ2) is 5.83. The molecule has 2 aliphatic rings. The summed E-state index contributed by atoms with van der Waals surface area (Å²) in [4.78, 5) is 13.6. The van der Waals surface area contributed by atoms with Gasteiger partial charge in [0.25, 0.3) is 0 Å². The molecule has 5 nitrogen and oxygen atoms in total. The lowest BCUT2D eigenvalue weighted by molar-refractivity contribution is -0.117. The van der Waals surface area contributed by atoms with Crippen LogP contribution in [-0.2, 0) is 11.4 Å². The van der Waals surface area contributed by atoms with Crippen molar-refractivity contribution in [1.82, 2.24) is 0 Å². The average Bonchev–Trinajstić information content (AvgIpc) is 3.21. The molecule has 0 aromatic heterocycles. The molecule has 118 valence electrons. The molecule has 0 bridgehead atoms. The Hall–Kier alpha value is -2.69. The van der Waals surface area contributed by atoms with Gasteiger partial charge in [0.2, 0.25) is 12.7 Å². The number of ether oxygens (including phenoxy) is 3. The Bertz CT molecular complexity index is 726. The molecule has 2 heterocycles. The number of nitrogens with zero attached hydrogens (tertiary/aromatic N) is 1. The maximum absolute atomic E-state index is 11.7. The van der Waals surface area contributed by atoms with E-state index in [9.17, 15) is 4.79 Å². The van der Waals surface area contributed by atoms with Crippen molar-refractivity contribution in [2.75, 3.05) is 18.2 Å². The fraction of sp³-hybridized carbons (Fsp3) is 0.278. The van der Waals surface area contributed by atoms with Crippen LogP contribution in [0.4, 0.5) is 5.69 Å². The number of fused-ring (bicyclic) bond motifs is 1. The summed E-state index contributed by atoms with van der Waals surface area (Å²) < 4.78 is 16.4. The van der Waals surface area contributed by atoms with Gasteiger partial charge in [-0.05, 0) is 48.4 Å². The summed E-state index contributed by atoms with van der Waals surface area (Å²) in [6.45, 7) is 1.53. The molecule has 2 aliphatic heterocycles. The topological polar surface area (TPSA) is 48.0 Å². The van der Waals surface area contributed by atoms with Crippen molar-refractivity contribution in [2.24, 2.45) is 0 Å². The summed E-state index contributed by atoms with van der Waals surface area (Å²) in [5.74, 6) is 2.50. The molecule has 4 rings (SSSR count). The van der Waals surface area contributed by atoms with Gasteiger partial charge in [0.15, 0.2) is 11.5 Å². The van der Waals surface area contributed by atoms with Gasteiger partial charge in [0.1, 0.15) is 12.4 Å². The summed E-state index contributed by atoms with van der Waals surface area (Å²) in [6, 6.07) is 13.4. The molecular formula is C18H17NO4. The van der Waals surface area contributed by atoms with Crippen molar-refractivity contribution in [3.05, 3.63) is 48.0 Å². The molecule has 0 spiro atoms. The number of benzene rings is 2. The Labute approximate surface area is 134 Å². The quantitative estimate of drug-likeness (QED) is 0.870. The summed E-state index contributed by atoms with van der Waals surface area (Å²) in [5, 5.41) is 0. The van der Waals surface area contributed by atoms with Crippen LogP contribution in [-0.4, -0.2) is 19.2 Å². The first-order valence-corrected chi connectivity index (χ1v) is 7.71. The maximum atomic E-state index is 11.7. The zero-order valence-electron chi connectivity index (χ0n) is 12.7. The van der Waals surface area contributed by atoms with Gasteiger partial charge >= 0.3 is 0 Å². The van der Waals surface area contributed by atoms with E-state index in [0.29, 0.717) is 13.0 Å². The summed E-state index contributed by atoms with van der Waals surface area (Å²) in [5.41, 5.74) is 1.95. The first-order chi connectivity index (χ1) is 11.3.